The fourth-order valence-electron chi connectivity index (χ4n) is 7.87. The number of piperazine rings is 1. The molecule has 284 valence electrons. The van der Waals surface area contributed by atoms with Gasteiger partial charge in [0.15, 0.2) is 0 Å². The van der Waals surface area contributed by atoms with E-state index in [0.717, 1.165) is 57.4 Å². The molecule has 0 saturated carbocycles. The number of anilines is 2. The molecule has 1 aromatic heterocycles. The summed E-state index contributed by atoms with van der Waals surface area (Å²) in [5.41, 5.74) is 0.775. The van der Waals surface area contributed by atoms with Crippen LogP contribution in [0, 0.1) is 17.1 Å². The van der Waals surface area contributed by atoms with Crippen LogP contribution in [0.4, 0.5) is 29.1 Å². The second-order valence-corrected chi connectivity index (χ2v) is 14.2. The highest BCUT2D eigenvalue weighted by Crippen LogP contribution is 2.37. The van der Waals surface area contributed by atoms with Gasteiger partial charge in [-0.2, -0.15) is 18.4 Å². The zero-order valence-corrected chi connectivity index (χ0v) is 29.7. The lowest BCUT2D eigenvalue weighted by Gasteiger charge is -2.35. The molecule has 11 nitrogen and oxygen atoms in total. The van der Waals surface area contributed by atoms with E-state index in [1.165, 1.54) is 23.1 Å². The summed E-state index contributed by atoms with van der Waals surface area (Å²) in [4.78, 5) is 49.6. The second-order valence-electron chi connectivity index (χ2n) is 14.2. The molecule has 1 unspecified atom stereocenters. The van der Waals surface area contributed by atoms with Crippen molar-refractivity contribution in [2.24, 2.45) is 0 Å². The summed E-state index contributed by atoms with van der Waals surface area (Å²) in [5.74, 6) is -0.141. The minimum absolute atomic E-state index is 0.0609. The number of alkyl halides is 3. The van der Waals surface area contributed by atoms with Gasteiger partial charge in [0.1, 0.15) is 23.4 Å². The molecule has 3 amide bonds. The number of hydrogen-bond donors (Lipinski definition) is 1. The van der Waals surface area contributed by atoms with Gasteiger partial charge in [0, 0.05) is 57.4 Å². The summed E-state index contributed by atoms with van der Waals surface area (Å²) >= 11 is 0. The number of aromatic nitrogens is 1. The quantitative estimate of drug-likeness (QED) is 0.169. The lowest BCUT2D eigenvalue weighted by Crippen LogP contribution is -2.52. The van der Waals surface area contributed by atoms with Gasteiger partial charge in [-0.1, -0.05) is 6.07 Å². The number of pyridine rings is 1. The van der Waals surface area contributed by atoms with Crippen molar-refractivity contribution in [1.29, 1.82) is 5.26 Å². The number of carbonyl (C=O) groups excluding carboxylic acids is 3. The Hall–Kier alpha value is -5.23. The number of amides is 3. The topological polar surface area (TPSA) is 122 Å². The summed E-state index contributed by atoms with van der Waals surface area (Å²) in [6, 6.07) is 13.3. The third kappa shape index (κ3) is 7.99. The Morgan fingerprint density at radius 2 is 1.69 bits per heavy atom. The highest BCUT2D eigenvalue weighted by Gasteiger charge is 2.40. The van der Waals surface area contributed by atoms with E-state index in [1.54, 1.807) is 24.3 Å². The first-order valence-corrected chi connectivity index (χ1v) is 18.4. The molecule has 4 aliphatic heterocycles. The molecule has 3 fully saturated rings. The number of ether oxygens (including phenoxy) is 1. The molecule has 15 heteroatoms. The first-order chi connectivity index (χ1) is 26.0. The molecule has 0 radical (unpaired) electrons. The van der Waals surface area contributed by atoms with Crippen molar-refractivity contribution >= 4 is 29.2 Å². The maximum atomic E-state index is 15.2. The Labute approximate surface area is 310 Å². The molecular formula is C39H41F4N7O4. The van der Waals surface area contributed by atoms with Gasteiger partial charge in [-0.3, -0.25) is 24.6 Å². The molecule has 3 aromatic rings. The minimum Gasteiger partial charge on any atom is -0.493 e. The van der Waals surface area contributed by atoms with Crippen molar-refractivity contribution in [3.8, 4) is 11.8 Å². The summed E-state index contributed by atoms with van der Waals surface area (Å²) in [7, 11) is 0. The first-order valence-electron chi connectivity index (χ1n) is 18.4. The average Bonchev–Trinajstić information content (AvgIpc) is 3.49. The molecule has 2 aromatic carbocycles. The zero-order chi connectivity index (χ0) is 38.0. The summed E-state index contributed by atoms with van der Waals surface area (Å²) in [6.45, 7) is 5.82. The molecule has 5 heterocycles. The van der Waals surface area contributed by atoms with Gasteiger partial charge in [0.25, 0.3) is 5.91 Å². The number of imide groups is 1. The van der Waals surface area contributed by atoms with Crippen LogP contribution in [0.15, 0.2) is 48.5 Å². The van der Waals surface area contributed by atoms with Gasteiger partial charge in [0.2, 0.25) is 11.8 Å². The summed E-state index contributed by atoms with van der Waals surface area (Å²) in [6.07, 6.45) is -1.21. The molecule has 1 atom stereocenters. The molecule has 54 heavy (non-hydrogen) atoms. The number of nitrogens with one attached hydrogen (secondary N) is 1. The van der Waals surface area contributed by atoms with Crippen LogP contribution in [0.2, 0.25) is 0 Å². The number of fused-ring (bicyclic) bond motifs is 1. The van der Waals surface area contributed by atoms with E-state index in [4.69, 9.17) is 15.0 Å². The van der Waals surface area contributed by atoms with E-state index < -0.39 is 29.3 Å². The van der Waals surface area contributed by atoms with Gasteiger partial charge < -0.3 is 19.4 Å². The van der Waals surface area contributed by atoms with Crippen molar-refractivity contribution in [3.05, 3.63) is 82.3 Å². The van der Waals surface area contributed by atoms with Crippen LogP contribution < -0.4 is 19.9 Å². The summed E-state index contributed by atoms with van der Waals surface area (Å²) in [5, 5.41) is 11.4. The molecule has 7 rings (SSSR count). The first kappa shape index (κ1) is 37.1. The zero-order valence-electron chi connectivity index (χ0n) is 29.7. The molecule has 0 bridgehead atoms. The highest BCUT2D eigenvalue weighted by atomic mass is 19.4. The standard InChI is InChI=1S/C39H41F4N7O4/c40-32-22-28(5-6-29(32)25-11-14-48(15-12-25)27-4-3-26(23-44)31(21-27)39(41,42)43)54-20-2-1-13-47-16-18-49(19-17-47)35-9-7-30-33(45-35)24-50(38(30)53)34-8-10-36(51)46-37(34)52/h3-7,9,21-22,25,34H,1-2,8,10-20,24H2,(H,46,51,52). The van der Waals surface area contributed by atoms with Gasteiger partial charge in [0.05, 0.1) is 41.6 Å². The fraction of sp³-hybridized carbons (Fsp3) is 0.462. The Bertz CT molecular complexity index is 1950. The van der Waals surface area contributed by atoms with E-state index in [9.17, 15) is 27.6 Å². The number of hydrogen-bond acceptors (Lipinski definition) is 9. The Morgan fingerprint density at radius 1 is 0.907 bits per heavy atom. The average molecular weight is 748 g/mol. The van der Waals surface area contributed by atoms with Crippen LogP contribution in [0.1, 0.15) is 77.2 Å². The number of piperidine rings is 2. The minimum atomic E-state index is -4.62. The van der Waals surface area contributed by atoms with E-state index >= 15 is 4.39 Å². The van der Waals surface area contributed by atoms with Crippen molar-refractivity contribution in [2.75, 3.05) is 62.2 Å². The number of nitriles is 1. The third-order valence-corrected chi connectivity index (χ3v) is 10.9. The molecule has 3 saturated heterocycles. The van der Waals surface area contributed by atoms with Crippen LogP contribution in [0.3, 0.4) is 0 Å². The SMILES string of the molecule is N#Cc1ccc(N2CCC(c3ccc(OCCCCN4CCN(c5ccc6c(n5)CN(C5CCC(=O)NC5=O)C6=O)CC4)cc3F)CC2)cc1C(F)(F)F. The molecule has 4 aliphatic rings. The summed E-state index contributed by atoms with van der Waals surface area (Å²) < 4.78 is 61.4. The van der Waals surface area contributed by atoms with Gasteiger partial charge in [-0.15, -0.1) is 0 Å². The van der Waals surface area contributed by atoms with Crippen molar-refractivity contribution in [3.63, 3.8) is 0 Å². The predicted molar refractivity (Wildman–Crippen MR) is 190 cm³/mol. The van der Waals surface area contributed by atoms with E-state index in [2.05, 4.69) is 15.1 Å². The number of halogens is 4. The number of rotatable bonds is 10. The van der Waals surface area contributed by atoms with Gasteiger partial charge >= 0.3 is 6.18 Å². The predicted octanol–water partition coefficient (Wildman–Crippen LogP) is 5.24. The maximum absolute atomic E-state index is 15.2. The smallest absolute Gasteiger partial charge is 0.417 e. The molecule has 0 aliphatic carbocycles. The second kappa shape index (κ2) is 15.6. The van der Waals surface area contributed by atoms with Crippen LogP contribution >= 0.6 is 0 Å². The Kier molecular flexibility index (Phi) is 10.7. The third-order valence-electron chi connectivity index (χ3n) is 10.9. The van der Waals surface area contributed by atoms with Crippen molar-refractivity contribution in [1.82, 2.24) is 20.1 Å². The maximum Gasteiger partial charge on any atom is 0.417 e. The van der Waals surface area contributed by atoms with Gasteiger partial charge in [-0.05, 0) is 86.5 Å². The van der Waals surface area contributed by atoms with Crippen molar-refractivity contribution in [2.45, 2.75) is 63.2 Å². The number of benzene rings is 2. The fourth-order valence-corrected chi connectivity index (χ4v) is 7.87. The van der Waals surface area contributed by atoms with E-state index in [1.807, 2.05) is 11.0 Å². The van der Waals surface area contributed by atoms with Gasteiger partial charge in [-0.25, -0.2) is 9.37 Å². The van der Waals surface area contributed by atoms with Crippen LogP contribution in [-0.4, -0.2) is 91.0 Å². The number of nitrogens with zero attached hydrogens (tertiary/aromatic N) is 6. The van der Waals surface area contributed by atoms with E-state index in [-0.39, 0.29) is 36.5 Å². The Morgan fingerprint density at radius 3 is 2.39 bits per heavy atom. The van der Waals surface area contributed by atoms with Crippen LogP contribution in [0.5, 0.6) is 5.75 Å². The Balaban J connectivity index is 0.816. The molecule has 0 spiro atoms. The normalized spacial score (nSPS) is 19.9. The van der Waals surface area contributed by atoms with Crippen LogP contribution in [0.25, 0.3) is 0 Å². The lowest BCUT2D eigenvalue weighted by atomic mass is 9.88. The van der Waals surface area contributed by atoms with Crippen molar-refractivity contribution < 1.29 is 36.7 Å². The molecular weight excluding hydrogens is 706 g/mol. The number of carbonyl (C=O) groups is 3. The number of unbranched alkanes of at least 4 members (excludes halogenated alkanes) is 1. The highest BCUT2D eigenvalue weighted by molar-refractivity contribution is 6.05. The van der Waals surface area contributed by atoms with Crippen LogP contribution in [-0.2, 0) is 22.3 Å². The lowest BCUT2D eigenvalue weighted by molar-refractivity contribution is -0.138. The van der Waals surface area contributed by atoms with E-state index in [0.29, 0.717) is 67.2 Å². The molecule has 1 N–H and O–H groups in total. The monoisotopic (exact) mass is 747 g/mol. The largest absolute Gasteiger partial charge is 0.493 e.